The number of benzene rings is 2. The first-order valence-corrected chi connectivity index (χ1v) is 12.3. The number of methoxy groups -OCH3 is 3. The zero-order chi connectivity index (χ0) is 24.8. The summed E-state index contributed by atoms with van der Waals surface area (Å²) in [6, 6.07) is 13.5. The first-order chi connectivity index (χ1) is 17.0. The molecule has 1 aromatic heterocycles. The molecule has 0 radical (unpaired) electrons. The highest BCUT2D eigenvalue weighted by molar-refractivity contribution is 7.17. The fourth-order valence-corrected chi connectivity index (χ4v) is 5.13. The molecule has 1 saturated heterocycles. The Morgan fingerprint density at radius 1 is 1.06 bits per heavy atom. The molecule has 9 heteroatoms. The Morgan fingerprint density at radius 2 is 1.77 bits per heavy atom. The van der Waals surface area contributed by atoms with Crippen molar-refractivity contribution in [2.24, 2.45) is 0 Å². The number of nitrogens with zero attached hydrogens (tertiary/aromatic N) is 2. The lowest BCUT2D eigenvalue weighted by atomic mass is 10.0. The van der Waals surface area contributed by atoms with Crippen LogP contribution in [0.5, 0.6) is 17.2 Å². The van der Waals surface area contributed by atoms with Gasteiger partial charge in [-0.25, -0.2) is 4.98 Å². The van der Waals surface area contributed by atoms with Gasteiger partial charge in [0.25, 0.3) is 5.91 Å². The Labute approximate surface area is 209 Å². The van der Waals surface area contributed by atoms with Crippen LogP contribution in [0.15, 0.2) is 42.5 Å². The molecule has 1 atom stereocenters. The SMILES string of the molecule is COc1ccc(-c2nc(C)c(C(=O)NC[C@@H](c3ccc(OC)c(OC)c3)N3CCOCC3)s2)cc1. The normalized spacial score (nSPS) is 14.9. The number of ether oxygens (including phenoxy) is 4. The number of carbonyl (C=O) groups is 1. The molecule has 0 spiro atoms. The molecule has 1 amide bonds. The fourth-order valence-electron chi connectivity index (χ4n) is 4.14. The summed E-state index contributed by atoms with van der Waals surface area (Å²) >= 11 is 1.39. The van der Waals surface area contributed by atoms with Crippen molar-refractivity contribution < 1.29 is 23.7 Å². The van der Waals surface area contributed by atoms with E-state index in [4.69, 9.17) is 18.9 Å². The molecule has 3 aromatic rings. The van der Waals surface area contributed by atoms with E-state index in [2.05, 4.69) is 15.2 Å². The van der Waals surface area contributed by atoms with E-state index < -0.39 is 0 Å². The van der Waals surface area contributed by atoms with Crippen molar-refractivity contribution in [3.05, 3.63) is 58.6 Å². The zero-order valence-corrected chi connectivity index (χ0v) is 21.3. The summed E-state index contributed by atoms with van der Waals surface area (Å²) in [4.78, 5) is 20.8. The summed E-state index contributed by atoms with van der Waals surface area (Å²) in [5.41, 5.74) is 2.71. The molecule has 4 rings (SSSR count). The number of hydrogen-bond acceptors (Lipinski definition) is 8. The quantitative estimate of drug-likeness (QED) is 0.479. The number of aryl methyl sites for hydroxylation is 1. The van der Waals surface area contributed by atoms with Gasteiger partial charge in [-0.15, -0.1) is 11.3 Å². The minimum Gasteiger partial charge on any atom is -0.497 e. The highest BCUT2D eigenvalue weighted by atomic mass is 32.1. The van der Waals surface area contributed by atoms with Crippen LogP contribution in [-0.4, -0.2) is 70.0 Å². The molecule has 0 bridgehead atoms. The molecule has 0 unspecified atom stereocenters. The summed E-state index contributed by atoms with van der Waals surface area (Å²) in [5.74, 6) is 1.99. The summed E-state index contributed by atoms with van der Waals surface area (Å²) in [6.45, 7) is 5.22. The summed E-state index contributed by atoms with van der Waals surface area (Å²) in [6.07, 6.45) is 0. The van der Waals surface area contributed by atoms with Crippen molar-refractivity contribution in [2.45, 2.75) is 13.0 Å². The molecular formula is C26H31N3O5S. The van der Waals surface area contributed by atoms with Crippen molar-refractivity contribution in [3.8, 4) is 27.8 Å². The van der Waals surface area contributed by atoms with Crippen molar-refractivity contribution in [3.63, 3.8) is 0 Å². The summed E-state index contributed by atoms with van der Waals surface area (Å²) < 4.78 is 21.7. The molecule has 1 fully saturated rings. The number of morpholine rings is 1. The average molecular weight is 498 g/mol. The minimum atomic E-state index is -0.126. The summed E-state index contributed by atoms with van der Waals surface area (Å²) in [7, 11) is 4.88. The van der Waals surface area contributed by atoms with Crippen LogP contribution in [0.4, 0.5) is 0 Å². The van der Waals surface area contributed by atoms with Gasteiger partial charge in [0.2, 0.25) is 0 Å². The lowest BCUT2D eigenvalue weighted by Crippen LogP contribution is -2.43. The average Bonchev–Trinajstić information content (AvgIpc) is 3.30. The summed E-state index contributed by atoms with van der Waals surface area (Å²) in [5, 5.41) is 3.95. The molecule has 8 nitrogen and oxygen atoms in total. The number of hydrogen-bond donors (Lipinski definition) is 1. The Hall–Kier alpha value is -3.14. The van der Waals surface area contributed by atoms with E-state index in [0.29, 0.717) is 41.8 Å². The Balaban J connectivity index is 1.52. The van der Waals surface area contributed by atoms with Gasteiger partial charge in [0.15, 0.2) is 11.5 Å². The third-order valence-corrected chi connectivity index (χ3v) is 7.28. The van der Waals surface area contributed by atoms with E-state index in [0.717, 1.165) is 35.0 Å². The largest absolute Gasteiger partial charge is 0.497 e. The highest BCUT2D eigenvalue weighted by Gasteiger charge is 2.25. The maximum absolute atomic E-state index is 13.2. The van der Waals surface area contributed by atoms with Gasteiger partial charge in [0, 0.05) is 25.2 Å². The predicted molar refractivity (Wildman–Crippen MR) is 136 cm³/mol. The minimum absolute atomic E-state index is 0.0306. The van der Waals surface area contributed by atoms with Crippen molar-refractivity contribution in [1.29, 1.82) is 0 Å². The lowest BCUT2D eigenvalue weighted by Gasteiger charge is -2.35. The molecule has 1 aliphatic heterocycles. The number of carbonyl (C=O) groups excluding carboxylic acids is 1. The van der Waals surface area contributed by atoms with Crippen LogP contribution >= 0.6 is 11.3 Å². The third kappa shape index (κ3) is 5.75. The molecule has 1 N–H and O–H groups in total. The predicted octanol–water partition coefficient (Wildman–Crippen LogP) is 3.95. The maximum Gasteiger partial charge on any atom is 0.263 e. The van der Waals surface area contributed by atoms with Crippen LogP contribution in [0.3, 0.4) is 0 Å². The smallest absolute Gasteiger partial charge is 0.263 e. The Morgan fingerprint density at radius 3 is 2.43 bits per heavy atom. The van der Waals surface area contributed by atoms with E-state index in [-0.39, 0.29) is 11.9 Å². The lowest BCUT2D eigenvalue weighted by molar-refractivity contribution is 0.0162. The second-order valence-electron chi connectivity index (χ2n) is 8.15. The number of nitrogens with one attached hydrogen (secondary N) is 1. The van der Waals surface area contributed by atoms with E-state index in [1.54, 1.807) is 21.3 Å². The molecule has 1 aliphatic rings. The number of thiazole rings is 1. The van der Waals surface area contributed by atoms with Gasteiger partial charge in [0.1, 0.15) is 15.6 Å². The number of aromatic nitrogens is 1. The van der Waals surface area contributed by atoms with Gasteiger partial charge in [-0.2, -0.15) is 0 Å². The molecule has 2 heterocycles. The van der Waals surface area contributed by atoms with Crippen LogP contribution in [0.2, 0.25) is 0 Å². The van der Waals surface area contributed by atoms with E-state index in [9.17, 15) is 4.79 Å². The van der Waals surface area contributed by atoms with Gasteiger partial charge in [-0.05, 0) is 48.9 Å². The Kier molecular flexibility index (Phi) is 8.22. The second kappa shape index (κ2) is 11.5. The standard InChI is InChI=1S/C26H31N3O5S/c1-17-24(35-26(28-17)18-5-8-20(31-2)9-6-18)25(30)27-16-21(29-11-13-34-14-12-29)19-7-10-22(32-3)23(15-19)33-4/h5-10,15,21H,11-14,16H2,1-4H3,(H,27,30)/t21-/m0/s1. The van der Waals surface area contributed by atoms with Crippen molar-refractivity contribution in [1.82, 2.24) is 15.2 Å². The van der Waals surface area contributed by atoms with Crippen molar-refractivity contribution in [2.75, 3.05) is 54.2 Å². The topological polar surface area (TPSA) is 82.2 Å². The van der Waals surface area contributed by atoms with Crippen LogP contribution in [0.25, 0.3) is 10.6 Å². The van der Waals surface area contributed by atoms with E-state index >= 15 is 0 Å². The highest BCUT2D eigenvalue weighted by Crippen LogP contribution is 2.33. The van der Waals surface area contributed by atoms with Crippen LogP contribution in [-0.2, 0) is 4.74 Å². The van der Waals surface area contributed by atoms with Gasteiger partial charge in [0.05, 0.1) is 46.3 Å². The molecule has 0 saturated carbocycles. The monoisotopic (exact) mass is 497 g/mol. The van der Waals surface area contributed by atoms with Crippen LogP contribution < -0.4 is 19.5 Å². The maximum atomic E-state index is 13.2. The molecule has 0 aliphatic carbocycles. The van der Waals surface area contributed by atoms with Crippen LogP contribution in [0, 0.1) is 6.92 Å². The third-order valence-electron chi connectivity index (χ3n) is 6.07. The van der Waals surface area contributed by atoms with Gasteiger partial charge >= 0.3 is 0 Å². The van der Waals surface area contributed by atoms with E-state index in [1.165, 1.54) is 11.3 Å². The van der Waals surface area contributed by atoms with Gasteiger partial charge in [-0.1, -0.05) is 6.07 Å². The first-order valence-electron chi connectivity index (χ1n) is 11.5. The zero-order valence-electron chi connectivity index (χ0n) is 20.5. The number of amides is 1. The van der Waals surface area contributed by atoms with Gasteiger partial charge < -0.3 is 24.3 Å². The molecular weight excluding hydrogens is 466 g/mol. The molecule has 2 aromatic carbocycles. The molecule has 35 heavy (non-hydrogen) atoms. The second-order valence-corrected chi connectivity index (χ2v) is 9.15. The fraction of sp³-hybridized carbons (Fsp3) is 0.385. The molecule has 186 valence electrons. The van der Waals surface area contributed by atoms with Crippen LogP contribution in [0.1, 0.15) is 27.0 Å². The van der Waals surface area contributed by atoms with E-state index in [1.807, 2.05) is 49.4 Å². The van der Waals surface area contributed by atoms with Crippen molar-refractivity contribution >= 4 is 17.2 Å². The van der Waals surface area contributed by atoms with Gasteiger partial charge in [-0.3, -0.25) is 9.69 Å². The Bertz CT molecular complexity index is 1140. The number of rotatable bonds is 9. The first kappa shape index (κ1) is 25.0.